The molecule has 1 aromatic heterocycles. The fourth-order valence-corrected chi connectivity index (χ4v) is 3.15. The van der Waals surface area contributed by atoms with E-state index < -0.39 is 5.97 Å². The third-order valence-electron chi connectivity index (χ3n) is 4.84. The average Bonchev–Trinajstić information content (AvgIpc) is 2.87. The molecule has 6 heteroatoms. The molecule has 0 spiro atoms. The smallest absolute Gasteiger partial charge is 0.348 e. The van der Waals surface area contributed by atoms with Gasteiger partial charge in [0, 0.05) is 0 Å². The minimum Gasteiger partial charge on any atom is -0.503 e. The van der Waals surface area contributed by atoms with Crippen LogP contribution >= 0.6 is 0 Å². The molecule has 1 N–H and O–H groups in total. The van der Waals surface area contributed by atoms with Gasteiger partial charge in [0.15, 0.2) is 17.1 Å². The highest BCUT2D eigenvalue weighted by Gasteiger charge is 2.26. The van der Waals surface area contributed by atoms with E-state index in [4.69, 9.17) is 14.2 Å². The van der Waals surface area contributed by atoms with Crippen LogP contribution in [0.4, 0.5) is 0 Å². The van der Waals surface area contributed by atoms with Crippen molar-refractivity contribution in [1.29, 1.82) is 0 Å². The van der Waals surface area contributed by atoms with Crippen molar-refractivity contribution in [3.05, 3.63) is 119 Å². The quantitative estimate of drug-likeness (QED) is 0.355. The summed E-state index contributed by atoms with van der Waals surface area (Å²) in [5, 5.41) is 10.5. The molecule has 6 nitrogen and oxygen atoms in total. The van der Waals surface area contributed by atoms with E-state index in [1.54, 1.807) is 0 Å². The topological polar surface area (TPSA) is 77.9 Å². The van der Waals surface area contributed by atoms with Crippen LogP contribution in [0.3, 0.4) is 0 Å². The molecular weight excluding hydrogens is 418 g/mol. The first kappa shape index (κ1) is 21.9. The van der Waals surface area contributed by atoms with E-state index in [1.807, 2.05) is 91.0 Å². The SMILES string of the molecule is O=C(OCc1ccccc1)c1c(OCc2ccccc2)ncc(O)c1OCc1ccccc1. The number of ether oxygens (including phenoxy) is 3. The zero-order valence-corrected chi connectivity index (χ0v) is 17.9. The van der Waals surface area contributed by atoms with Gasteiger partial charge < -0.3 is 19.3 Å². The van der Waals surface area contributed by atoms with E-state index in [2.05, 4.69) is 4.98 Å². The zero-order valence-electron chi connectivity index (χ0n) is 17.9. The van der Waals surface area contributed by atoms with Crippen LogP contribution < -0.4 is 9.47 Å². The Balaban J connectivity index is 1.60. The molecule has 0 unspecified atom stereocenters. The molecule has 0 amide bonds. The minimum absolute atomic E-state index is 0.0257. The van der Waals surface area contributed by atoms with Gasteiger partial charge in [-0.15, -0.1) is 0 Å². The Morgan fingerprint density at radius 3 is 1.73 bits per heavy atom. The van der Waals surface area contributed by atoms with Gasteiger partial charge in [-0.3, -0.25) is 0 Å². The molecular formula is C27H23NO5. The standard InChI is InChI=1S/C27H23NO5/c29-23-16-28-26(32-18-21-12-6-2-7-13-21)24(25(23)31-17-20-10-4-1-5-11-20)27(30)33-19-22-14-8-3-9-15-22/h1-16,29H,17-19H2. The fourth-order valence-electron chi connectivity index (χ4n) is 3.15. The molecule has 1 heterocycles. The van der Waals surface area contributed by atoms with Crippen LogP contribution in [0.25, 0.3) is 0 Å². The Morgan fingerprint density at radius 2 is 1.18 bits per heavy atom. The molecule has 0 bridgehead atoms. The number of hydrogen-bond donors (Lipinski definition) is 1. The first-order valence-corrected chi connectivity index (χ1v) is 10.5. The van der Waals surface area contributed by atoms with Crippen LogP contribution in [-0.2, 0) is 24.6 Å². The maximum absolute atomic E-state index is 13.1. The van der Waals surface area contributed by atoms with Crippen LogP contribution in [0.1, 0.15) is 27.0 Å². The molecule has 4 aromatic rings. The molecule has 4 rings (SSSR count). The number of aromatic hydroxyl groups is 1. The average molecular weight is 441 g/mol. The number of hydrogen-bond acceptors (Lipinski definition) is 6. The van der Waals surface area contributed by atoms with E-state index in [9.17, 15) is 9.90 Å². The summed E-state index contributed by atoms with van der Waals surface area (Å²) in [7, 11) is 0. The molecule has 0 atom stereocenters. The van der Waals surface area contributed by atoms with Crippen LogP contribution in [0.2, 0.25) is 0 Å². The Bertz CT molecular complexity index is 1180. The molecule has 33 heavy (non-hydrogen) atoms. The molecule has 0 saturated carbocycles. The molecule has 166 valence electrons. The summed E-state index contributed by atoms with van der Waals surface area (Å²) >= 11 is 0. The van der Waals surface area contributed by atoms with Gasteiger partial charge in [0.1, 0.15) is 19.8 Å². The lowest BCUT2D eigenvalue weighted by molar-refractivity contribution is 0.0459. The molecule has 0 fully saturated rings. The van der Waals surface area contributed by atoms with Gasteiger partial charge in [-0.05, 0) is 16.7 Å². The second-order valence-corrected chi connectivity index (χ2v) is 7.26. The Hall–Kier alpha value is -4.32. The summed E-state index contributed by atoms with van der Waals surface area (Å²) in [4.78, 5) is 17.2. The Labute approximate surface area is 192 Å². The molecule has 0 saturated heterocycles. The van der Waals surface area contributed by atoms with Gasteiger partial charge in [-0.1, -0.05) is 91.0 Å². The van der Waals surface area contributed by atoms with Crippen molar-refractivity contribution in [3.63, 3.8) is 0 Å². The third kappa shape index (κ3) is 5.89. The zero-order chi connectivity index (χ0) is 22.9. The van der Waals surface area contributed by atoms with Gasteiger partial charge >= 0.3 is 5.97 Å². The summed E-state index contributed by atoms with van der Waals surface area (Å²) < 4.78 is 17.2. The van der Waals surface area contributed by atoms with Crippen LogP contribution in [0, 0.1) is 0 Å². The highest BCUT2D eigenvalue weighted by molar-refractivity contribution is 5.96. The van der Waals surface area contributed by atoms with Crippen molar-refractivity contribution in [2.75, 3.05) is 0 Å². The lowest BCUT2D eigenvalue weighted by Gasteiger charge is -2.16. The lowest BCUT2D eigenvalue weighted by atomic mass is 10.2. The van der Waals surface area contributed by atoms with E-state index in [0.29, 0.717) is 0 Å². The number of carbonyl (C=O) groups is 1. The van der Waals surface area contributed by atoms with Gasteiger partial charge in [0.2, 0.25) is 5.88 Å². The van der Waals surface area contributed by atoms with E-state index in [0.717, 1.165) is 16.7 Å². The van der Waals surface area contributed by atoms with Crippen LogP contribution in [0.15, 0.2) is 97.2 Å². The van der Waals surface area contributed by atoms with Gasteiger partial charge in [-0.2, -0.15) is 0 Å². The van der Waals surface area contributed by atoms with E-state index in [1.165, 1.54) is 6.20 Å². The first-order valence-electron chi connectivity index (χ1n) is 10.5. The maximum atomic E-state index is 13.1. The number of esters is 1. The van der Waals surface area contributed by atoms with Crippen molar-refractivity contribution in [1.82, 2.24) is 4.98 Å². The van der Waals surface area contributed by atoms with Crippen molar-refractivity contribution in [2.45, 2.75) is 19.8 Å². The van der Waals surface area contributed by atoms with Crippen molar-refractivity contribution >= 4 is 5.97 Å². The molecule has 0 aliphatic heterocycles. The lowest BCUT2D eigenvalue weighted by Crippen LogP contribution is -2.12. The first-order chi connectivity index (χ1) is 16.2. The predicted octanol–water partition coefficient (Wildman–Crippen LogP) is 5.30. The third-order valence-corrected chi connectivity index (χ3v) is 4.84. The van der Waals surface area contributed by atoms with E-state index in [-0.39, 0.29) is 42.8 Å². The number of rotatable bonds is 9. The molecule has 0 aliphatic carbocycles. The second-order valence-electron chi connectivity index (χ2n) is 7.26. The number of aromatic nitrogens is 1. The van der Waals surface area contributed by atoms with E-state index >= 15 is 0 Å². The minimum atomic E-state index is -0.701. The fraction of sp³-hybridized carbons (Fsp3) is 0.111. The van der Waals surface area contributed by atoms with Gasteiger partial charge in [0.05, 0.1) is 6.20 Å². The molecule has 3 aromatic carbocycles. The van der Waals surface area contributed by atoms with Gasteiger partial charge in [-0.25, -0.2) is 9.78 Å². The highest BCUT2D eigenvalue weighted by atomic mass is 16.5. The number of nitrogens with zero attached hydrogens (tertiary/aromatic N) is 1. The van der Waals surface area contributed by atoms with Crippen LogP contribution in [0.5, 0.6) is 17.4 Å². The summed E-state index contributed by atoms with van der Waals surface area (Å²) in [5.41, 5.74) is 2.56. The largest absolute Gasteiger partial charge is 0.503 e. The summed E-state index contributed by atoms with van der Waals surface area (Å²) in [6.07, 6.45) is 1.20. The number of pyridine rings is 1. The summed E-state index contributed by atoms with van der Waals surface area (Å²) in [6.45, 7) is 0.400. The monoisotopic (exact) mass is 441 g/mol. The summed E-state index contributed by atoms with van der Waals surface area (Å²) in [5.74, 6) is -0.981. The van der Waals surface area contributed by atoms with Gasteiger partial charge in [0.25, 0.3) is 0 Å². The Kier molecular flexibility index (Phi) is 7.18. The normalized spacial score (nSPS) is 10.4. The Morgan fingerprint density at radius 1 is 0.697 bits per heavy atom. The van der Waals surface area contributed by atoms with Crippen molar-refractivity contribution in [3.8, 4) is 17.4 Å². The highest BCUT2D eigenvalue weighted by Crippen LogP contribution is 2.36. The number of benzene rings is 3. The molecule has 0 radical (unpaired) electrons. The maximum Gasteiger partial charge on any atom is 0.348 e. The second kappa shape index (κ2) is 10.8. The summed E-state index contributed by atoms with van der Waals surface area (Å²) in [6, 6.07) is 28.3. The number of carbonyl (C=O) groups excluding carboxylic acids is 1. The van der Waals surface area contributed by atoms with Crippen LogP contribution in [-0.4, -0.2) is 16.1 Å². The van der Waals surface area contributed by atoms with Crippen molar-refractivity contribution < 1.29 is 24.1 Å². The predicted molar refractivity (Wildman–Crippen MR) is 123 cm³/mol. The molecule has 0 aliphatic rings. The van der Waals surface area contributed by atoms with Crippen molar-refractivity contribution in [2.24, 2.45) is 0 Å².